The van der Waals surface area contributed by atoms with E-state index in [0.29, 0.717) is 17.9 Å². The summed E-state index contributed by atoms with van der Waals surface area (Å²) in [5, 5.41) is 16.0. The third-order valence-corrected chi connectivity index (χ3v) is 4.86. The molecule has 4 aromatic heterocycles. The number of fused-ring (bicyclic) bond motifs is 1. The van der Waals surface area contributed by atoms with Crippen LogP contribution in [0, 0.1) is 0 Å². The number of nitrogens with zero attached hydrogens (tertiary/aromatic N) is 7. The monoisotopic (exact) mass is 442 g/mol. The van der Waals surface area contributed by atoms with E-state index in [1.54, 1.807) is 23.0 Å². The fraction of sp³-hybridized carbons (Fsp3) is 0.278. The van der Waals surface area contributed by atoms with E-state index in [0.717, 1.165) is 35.4 Å². The first-order chi connectivity index (χ1) is 13.7. The zero-order valence-electron chi connectivity index (χ0n) is 15.3. The number of halogens is 1. The molecule has 4 heterocycles. The van der Waals surface area contributed by atoms with E-state index in [1.165, 1.54) is 0 Å². The molecule has 1 N–H and O–H groups in total. The lowest BCUT2D eigenvalue weighted by atomic mass is 10.3. The zero-order chi connectivity index (χ0) is 19.5. The van der Waals surface area contributed by atoms with E-state index in [-0.39, 0.29) is 5.91 Å². The molecule has 28 heavy (non-hydrogen) atoms. The van der Waals surface area contributed by atoms with Crippen LogP contribution < -0.4 is 5.32 Å². The minimum absolute atomic E-state index is 0.227. The van der Waals surface area contributed by atoms with Crippen LogP contribution in [0.1, 0.15) is 23.8 Å². The first-order valence-electron chi connectivity index (χ1n) is 8.99. The maximum atomic E-state index is 12.5. The molecule has 0 saturated heterocycles. The highest BCUT2D eigenvalue weighted by Gasteiger charge is 2.17. The third-order valence-electron chi connectivity index (χ3n) is 4.28. The van der Waals surface area contributed by atoms with Gasteiger partial charge in [0.05, 0.1) is 10.2 Å². The minimum Gasteiger partial charge on any atom is -0.351 e. The molecule has 0 aliphatic rings. The van der Waals surface area contributed by atoms with Gasteiger partial charge < -0.3 is 5.32 Å². The van der Waals surface area contributed by atoms with Crippen LogP contribution in [-0.4, -0.2) is 46.6 Å². The predicted octanol–water partition coefficient (Wildman–Crippen LogP) is 2.39. The summed E-state index contributed by atoms with van der Waals surface area (Å²) >= 11 is 3.54. The van der Waals surface area contributed by atoms with Crippen molar-refractivity contribution in [1.29, 1.82) is 0 Å². The quantitative estimate of drug-likeness (QED) is 0.443. The van der Waals surface area contributed by atoms with E-state index in [9.17, 15) is 4.79 Å². The average Bonchev–Trinajstić information content (AvgIpc) is 3.43. The smallest absolute Gasteiger partial charge is 0.271 e. The molecule has 10 heteroatoms. The molecule has 0 atom stereocenters. The van der Waals surface area contributed by atoms with Crippen LogP contribution in [0.4, 0.5) is 0 Å². The summed E-state index contributed by atoms with van der Waals surface area (Å²) in [4.78, 5) is 16.8. The van der Waals surface area contributed by atoms with Gasteiger partial charge in [-0.2, -0.15) is 15.3 Å². The number of nitrogens with one attached hydrogen (secondary N) is 1. The van der Waals surface area contributed by atoms with Crippen molar-refractivity contribution in [3.63, 3.8) is 0 Å². The summed E-state index contributed by atoms with van der Waals surface area (Å²) in [6.45, 7) is 4.07. The molecular weight excluding hydrogens is 424 g/mol. The van der Waals surface area contributed by atoms with Crippen LogP contribution in [-0.2, 0) is 13.1 Å². The molecular formula is C18H19BrN8O. The highest BCUT2D eigenvalue weighted by atomic mass is 79.9. The van der Waals surface area contributed by atoms with Gasteiger partial charge >= 0.3 is 0 Å². The van der Waals surface area contributed by atoms with Gasteiger partial charge in [0.1, 0.15) is 5.69 Å². The molecule has 1 amide bonds. The SMILES string of the molecule is CCn1cc(Br)c(-c2ccnc3cc(C(=O)NCCCn4cccn4)nn23)n1. The summed E-state index contributed by atoms with van der Waals surface area (Å²) in [7, 11) is 0. The van der Waals surface area contributed by atoms with E-state index in [4.69, 9.17) is 0 Å². The van der Waals surface area contributed by atoms with Crippen LogP contribution in [0.5, 0.6) is 0 Å². The van der Waals surface area contributed by atoms with E-state index < -0.39 is 0 Å². The molecule has 0 aromatic carbocycles. The second kappa shape index (κ2) is 7.93. The Labute approximate surface area is 169 Å². The summed E-state index contributed by atoms with van der Waals surface area (Å²) in [6, 6.07) is 5.39. The van der Waals surface area contributed by atoms with Crippen LogP contribution in [0.15, 0.2) is 47.5 Å². The lowest BCUT2D eigenvalue weighted by Crippen LogP contribution is -2.25. The summed E-state index contributed by atoms with van der Waals surface area (Å²) in [6.07, 6.45) is 8.02. The molecule has 4 rings (SSSR count). The second-order valence-electron chi connectivity index (χ2n) is 6.19. The Bertz CT molecular complexity index is 1100. The molecule has 0 saturated carbocycles. The number of amides is 1. The van der Waals surface area contributed by atoms with Crippen molar-refractivity contribution < 1.29 is 4.79 Å². The largest absolute Gasteiger partial charge is 0.351 e. The zero-order valence-corrected chi connectivity index (χ0v) is 16.9. The van der Waals surface area contributed by atoms with E-state index >= 15 is 0 Å². The van der Waals surface area contributed by atoms with Crippen molar-refractivity contribution in [2.24, 2.45) is 0 Å². The van der Waals surface area contributed by atoms with Gasteiger partial charge in [0.2, 0.25) is 0 Å². The molecule has 0 spiro atoms. The first-order valence-corrected chi connectivity index (χ1v) is 9.78. The first kappa shape index (κ1) is 18.4. The Morgan fingerprint density at radius 1 is 1.25 bits per heavy atom. The predicted molar refractivity (Wildman–Crippen MR) is 107 cm³/mol. The molecule has 9 nitrogen and oxygen atoms in total. The van der Waals surface area contributed by atoms with Gasteiger partial charge in [-0.15, -0.1) is 0 Å². The Hall–Kier alpha value is -3.01. The number of aryl methyl sites for hydroxylation is 2. The van der Waals surface area contributed by atoms with Crippen LogP contribution >= 0.6 is 15.9 Å². The lowest BCUT2D eigenvalue weighted by Gasteiger charge is -2.03. The number of carbonyl (C=O) groups excluding carboxylic acids is 1. The molecule has 0 fully saturated rings. The van der Waals surface area contributed by atoms with Crippen LogP contribution in [0.2, 0.25) is 0 Å². The molecule has 0 radical (unpaired) electrons. The summed E-state index contributed by atoms with van der Waals surface area (Å²) in [5.41, 5.74) is 2.44. The Morgan fingerprint density at radius 3 is 2.89 bits per heavy atom. The average molecular weight is 443 g/mol. The fourth-order valence-corrected chi connectivity index (χ4v) is 3.40. The lowest BCUT2D eigenvalue weighted by molar-refractivity contribution is 0.0947. The third kappa shape index (κ3) is 3.68. The maximum absolute atomic E-state index is 12.5. The van der Waals surface area contributed by atoms with Crippen molar-refractivity contribution in [2.45, 2.75) is 26.4 Å². The fourth-order valence-electron chi connectivity index (χ4n) is 2.88. The Balaban J connectivity index is 1.51. The number of hydrogen-bond acceptors (Lipinski definition) is 5. The van der Waals surface area contributed by atoms with Crippen molar-refractivity contribution in [3.05, 3.63) is 53.2 Å². The van der Waals surface area contributed by atoms with Gasteiger partial charge in [0, 0.05) is 50.5 Å². The second-order valence-corrected chi connectivity index (χ2v) is 7.04. The highest BCUT2D eigenvalue weighted by molar-refractivity contribution is 9.10. The van der Waals surface area contributed by atoms with Gasteiger partial charge in [0.25, 0.3) is 5.91 Å². The van der Waals surface area contributed by atoms with Gasteiger partial charge in [-0.25, -0.2) is 9.50 Å². The number of carbonyl (C=O) groups is 1. The molecule has 0 aliphatic heterocycles. The van der Waals surface area contributed by atoms with Gasteiger partial charge in [-0.1, -0.05) is 0 Å². The van der Waals surface area contributed by atoms with Crippen LogP contribution in [0.3, 0.4) is 0 Å². The normalized spacial score (nSPS) is 11.2. The van der Waals surface area contributed by atoms with Crippen molar-refractivity contribution in [1.82, 2.24) is 39.5 Å². The molecule has 0 bridgehead atoms. The topological polar surface area (TPSA) is 94.9 Å². The van der Waals surface area contributed by atoms with Gasteiger partial charge in [-0.05, 0) is 41.4 Å². The van der Waals surface area contributed by atoms with Crippen molar-refractivity contribution in [3.8, 4) is 11.4 Å². The van der Waals surface area contributed by atoms with Crippen LogP contribution in [0.25, 0.3) is 17.0 Å². The summed E-state index contributed by atoms with van der Waals surface area (Å²) < 4.78 is 6.18. The summed E-state index contributed by atoms with van der Waals surface area (Å²) in [5.74, 6) is -0.227. The van der Waals surface area contributed by atoms with E-state index in [2.05, 4.69) is 41.5 Å². The minimum atomic E-state index is -0.227. The Kier molecular flexibility index (Phi) is 5.20. The number of rotatable bonds is 7. The van der Waals surface area contributed by atoms with Crippen molar-refractivity contribution >= 4 is 27.5 Å². The maximum Gasteiger partial charge on any atom is 0.271 e. The molecule has 144 valence electrons. The standard InChI is InChI=1S/C18H19BrN8O/c1-2-25-12-13(19)17(24-25)15-5-8-20-16-11-14(23-27(15)16)18(28)21-6-3-9-26-10-4-7-22-26/h4-5,7-8,10-12H,2-3,6,9H2,1H3,(H,21,28). The van der Waals surface area contributed by atoms with Gasteiger partial charge in [0.15, 0.2) is 11.3 Å². The van der Waals surface area contributed by atoms with Crippen molar-refractivity contribution in [2.75, 3.05) is 6.54 Å². The van der Waals surface area contributed by atoms with Gasteiger partial charge in [-0.3, -0.25) is 14.2 Å². The molecule has 0 unspecified atom stereocenters. The molecule has 4 aromatic rings. The highest BCUT2D eigenvalue weighted by Crippen LogP contribution is 2.26. The molecule has 0 aliphatic carbocycles. The van der Waals surface area contributed by atoms with E-state index in [1.807, 2.05) is 40.8 Å². The Morgan fingerprint density at radius 2 is 2.14 bits per heavy atom. The number of hydrogen-bond donors (Lipinski definition) is 1. The number of aromatic nitrogens is 7.